The largest absolute Gasteiger partial charge is 0.433 e. The number of hydrogen-bond acceptors (Lipinski definition) is 7. The Morgan fingerprint density at radius 1 is 1.06 bits per heavy atom. The smallest absolute Gasteiger partial charge is 0.345 e. The van der Waals surface area contributed by atoms with Gasteiger partial charge in [-0.3, -0.25) is 19.5 Å². The maximum atomic E-state index is 13.8. The number of H-pyrrole nitrogens is 2. The molecule has 1 aromatic carbocycles. The molecule has 0 unspecified atom stereocenters. The molecule has 5 heterocycles. The van der Waals surface area contributed by atoms with Gasteiger partial charge in [0.25, 0.3) is 11.8 Å². The van der Waals surface area contributed by atoms with E-state index in [2.05, 4.69) is 30.7 Å². The number of benzene rings is 1. The first-order valence-electron chi connectivity index (χ1n) is 15.0. The zero-order valence-electron chi connectivity index (χ0n) is 25.3. The molecule has 3 amide bonds. The van der Waals surface area contributed by atoms with Gasteiger partial charge in [0.2, 0.25) is 5.91 Å². The third kappa shape index (κ3) is 6.88. The van der Waals surface area contributed by atoms with E-state index in [0.29, 0.717) is 37.3 Å². The number of hydrogen-bond donors (Lipinski definition) is 4. The molecular formula is C30H32ClF3N10O3. The molecule has 3 aromatic heterocycles. The van der Waals surface area contributed by atoms with Gasteiger partial charge in [0.05, 0.1) is 34.4 Å². The van der Waals surface area contributed by atoms with Crippen LogP contribution in [0, 0.1) is 5.92 Å². The van der Waals surface area contributed by atoms with Crippen LogP contribution >= 0.6 is 11.6 Å². The molecule has 0 radical (unpaired) electrons. The van der Waals surface area contributed by atoms with Crippen molar-refractivity contribution in [2.75, 3.05) is 39.3 Å². The summed E-state index contributed by atoms with van der Waals surface area (Å²) in [7, 11) is 1.67. The normalized spacial score (nSPS) is 16.0. The number of nitrogens with zero attached hydrogens (tertiary/aromatic N) is 6. The molecule has 13 nitrogen and oxygen atoms in total. The predicted molar refractivity (Wildman–Crippen MR) is 164 cm³/mol. The Balaban J connectivity index is 1.07. The number of alkyl halides is 3. The lowest BCUT2D eigenvalue weighted by Crippen LogP contribution is -2.52. The number of carbonyl (C=O) groups excluding carboxylic acids is 3. The lowest BCUT2D eigenvalue weighted by Gasteiger charge is -2.37. The van der Waals surface area contributed by atoms with Crippen LogP contribution in [0.15, 0.2) is 36.9 Å². The van der Waals surface area contributed by atoms with Crippen LogP contribution in [0.5, 0.6) is 0 Å². The van der Waals surface area contributed by atoms with E-state index in [1.54, 1.807) is 34.7 Å². The molecule has 17 heteroatoms. The number of carbonyl (C=O) groups is 3. The van der Waals surface area contributed by atoms with Gasteiger partial charge in [0.1, 0.15) is 17.1 Å². The minimum atomic E-state index is -4.75. The zero-order chi connectivity index (χ0) is 33.3. The highest BCUT2D eigenvalue weighted by molar-refractivity contribution is 6.33. The van der Waals surface area contributed by atoms with Crippen molar-refractivity contribution < 1.29 is 27.6 Å². The molecule has 2 fully saturated rings. The van der Waals surface area contributed by atoms with Crippen molar-refractivity contribution in [3.05, 3.63) is 64.6 Å². The summed E-state index contributed by atoms with van der Waals surface area (Å²) in [4.78, 5) is 53.2. The molecule has 47 heavy (non-hydrogen) atoms. The van der Waals surface area contributed by atoms with Crippen molar-refractivity contribution in [2.24, 2.45) is 13.0 Å². The van der Waals surface area contributed by atoms with E-state index in [1.165, 1.54) is 12.5 Å². The molecule has 0 bridgehead atoms. The highest BCUT2D eigenvalue weighted by Gasteiger charge is 2.39. The molecule has 6 rings (SSSR count). The van der Waals surface area contributed by atoms with E-state index in [4.69, 9.17) is 11.6 Å². The first kappa shape index (κ1) is 32.2. The summed E-state index contributed by atoms with van der Waals surface area (Å²) in [6.45, 7) is 3.43. The molecule has 2 aliphatic rings. The Kier molecular flexibility index (Phi) is 9.05. The summed E-state index contributed by atoms with van der Waals surface area (Å²) < 4.78 is 43.0. The van der Waals surface area contributed by atoms with Crippen molar-refractivity contribution in [3.8, 4) is 22.6 Å². The van der Waals surface area contributed by atoms with Gasteiger partial charge in [0.15, 0.2) is 5.82 Å². The van der Waals surface area contributed by atoms with Gasteiger partial charge < -0.3 is 30.0 Å². The summed E-state index contributed by atoms with van der Waals surface area (Å²) in [6, 6.07) is 4.81. The molecule has 0 aliphatic carbocycles. The van der Waals surface area contributed by atoms with Gasteiger partial charge in [-0.25, -0.2) is 9.97 Å². The Morgan fingerprint density at radius 2 is 1.79 bits per heavy atom. The third-order valence-corrected chi connectivity index (χ3v) is 8.65. The van der Waals surface area contributed by atoms with Gasteiger partial charge in [-0.15, -0.1) is 0 Å². The minimum Gasteiger partial charge on any atom is -0.345 e. The Labute approximate surface area is 271 Å². The second kappa shape index (κ2) is 13.2. The molecule has 4 aromatic rings. The number of amides is 3. The number of piperidine rings is 1. The predicted octanol–water partition coefficient (Wildman–Crippen LogP) is 3.09. The van der Waals surface area contributed by atoms with E-state index in [1.807, 2.05) is 10.00 Å². The van der Waals surface area contributed by atoms with Crippen molar-refractivity contribution in [1.82, 2.24) is 50.1 Å². The van der Waals surface area contributed by atoms with Gasteiger partial charge in [0, 0.05) is 51.9 Å². The second-order valence-corrected chi connectivity index (χ2v) is 11.9. The van der Waals surface area contributed by atoms with Gasteiger partial charge in [-0.2, -0.15) is 18.3 Å². The first-order chi connectivity index (χ1) is 22.5. The van der Waals surface area contributed by atoms with Crippen molar-refractivity contribution in [3.63, 3.8) is 0 Å². The average Bonchev–Trinajstić information content (AvgIpc) is 3.83. The molecule has 4 N–H and O–H groups in total. The highest BCUT2D eigenvalue weighted by Crippen LogP contribution is 2.40. The van der Waals surface area contributed by atoms with Crippen LogP contribution in [0.1, 0.15) is 45.1 Å². The molecule has 0 saturated carbocycles. The van der Waals surface area contributed by atoms with Crippen LogP contribution in [0.25, 0.3) is 22.6 Å². The number of nitrogens with one attached hydrogen (secondary N) is 4. The Morgan fingerprint density at radius 3 is 2.45 bits per heavy atom. The number of aromatic nitrogens is 6. The molecule has 2 aliphatic heterocycles. The molecule has 0 atom stereocenters. The van der Waals surface area contributed by atoms with Crippen LogP contribution in [0.3, 0.4) is 0 Å². The second-order valence-electron chi connectivity index (χ2n) is 11.5. The van der Waals surface area contributed by atoms with Gasteiger partial charge in [-0.1, -0.05) is 17.7 Å². The third-order valence-electron chi connectivity index (χ3n) is 8.34. The van der Waals surface area contributed by atoms with Crippen molar-refractivity contribution in [2.45, 2.75) is 25.6 Å². The molecule has 248 valence electrons. The Bertz CT molecular complexity index is 1780. The standard InChI is InChI=1S/C30H32ClF3N10O3/c1-42-15-22(38-16-42)24-23(25(41-40-24)30(32,33)34)21-14-36-26(39-21)27(45)37-13-17-2-3-19(20(31)12-17)29(47)44-10-8-43(9-11-44)28(46)18-4-6-35-7-5-18/h2-3,12,14-16,18,35H,4-11,13H2,1H3,(H,36,39)(H,37,45)(H,40,41). The monoisotopic (exact) mass is 672 g/mol. The number of aromatic amines is 2. The summed E-state index contributed by atoms with van der Waals surface area (Å²) in [6.07, 6.45) is 0.975. The first-order valence-corrected chi connectivity index (χ1v) is 15.4. The summed E-state index contributed by atoms with van der Waals surface area (Å²) >= 11 is 6.48. The summed E-state index contributed by atoms with van der Waals surface area (Å²) in [5.74, 6) is -0.946. The number of rotatable bonds is 7. The fraction of sp³-hybridized carbons (Fsp3) is 0.400. The van der Waals surface area contributed by atoms with Crippen LogP contribution in [-0.4, -0.2) is 96.5 Å². The zero-order valence-corrected chi connectivity index (χ0v) is 26.1. The summed E-state index contributed by atoms with van der Waals surface area (Å²) in [5, 5.41) is 12.0. The maximum Gasteiger partial charge on any atom is 0.433 e. The van der Waals surface area contributed by atoms with Crippen LogP contribution in [-0.2, 0) is 24.6 Å². The lowest BCUT2D eigenvalue weighted by molar-refractivity contribution is -0.140. The lowest BCUT2D eigenvalue weighted by atomic mass is 9.96. The van der Waals surface area contributed by atoms with Crippen LogP contribution in [0.4, 0.5) is 13.2 Å². The number of halogens is 4. The topological polar surface area (TPSA) is 157 Å². The quantitative estimate of drug-likeness (QED) is 0.235. The molecule has 0 spiro atoms. The number of piperazine rings is 1. The number of aryl methyl sites for hydroxylation is 1. The van der Waals surface area contributed by atoms with E-state index < -0.39 is 17.8 Å². The average molecular weight is 673 g/mol. The number of imidazole rings is 2. The SMILES string of the molecule is Cn1cnc(-c2n[nH]c(C(F)(F)F)c2-c2cnc(C(=O)NCc3ccc(C(=O)N4CCN(C(=O)C5CCNCC5)CC4)c(Cl)c3)[nH]2)c1. The fourth-order valence-electron chi connectivity index (χ4n) is 5.83. The van der Waals surface area contributed by atoms with Crippen molar-refractivity contribution in [1.29, 1.82) is 0 Å². The summed E-state index contributed by atoms with van der Waals surface area (Å²) in [5.41, 5.74) is -0.436. The van der Waals surface area contributed by atoms with E-state index in [9.17, 15) is 27.6 Å². The fourth-order valence-corrected chi connectivity index (χ4v) is 6.11. The van der Waals surface area contributed by atoms with Crippen LogP contribution < -0.4 is 10.6 Å². The minimum absolute atomic E-state index is 0.0131. The molecular weight excluding hydrogens is 641 g/mol. The van der Waals surface area contributed by atoms with Gasteiger partial charge in [-0.05, 0) is 43.6 Å². The molecule has 2 saturated heterocycles. The van der Waals surface area contributed by atoms with Crippen molar-refractivity contribution >= 4 is 29.3 Å². The van der Waals surface area contributed by atoms with E-state index >= 15 is 0 Å². The van der Waals surface area contributed by atoms with Gasteiger partial charge >= 0.3 is 6.18 Å². The highest BCUT2D eigenvalue weighted by atomic mass is 35.5. The van der Waals surface area contributed by atoms with Crippen LogP contribution in [0.2, 0.25) is 5.02 Å². The Hall–Kier alpha value is -4.70. The van der Waals surface area contributed by atoms with E-state index in [-0.39, 0.29) is 57.8 Å². The van der Waals surface area contributed by atoms with E-state index in [0.717, 1.165) is 32.1 Å². The maximum absolute atomic E-state index is 13.8.